The van der Waals surface area contributed by atoms with E-state index in [2.05, 4.69) is 0 Å². The maximum atomic E-state index is 13.4. The minimum Gasteiger partial charge on any atom is -0.494 e. The van der Waals surface area contributed by atoms with E-state index in [1.807, 2.05) is 17.5 Å². The van der Waals surface area contributed by atoms with Gasteiger partial charge in [0.1, 0.15) is 0 Å². The van der Waals surface area contributed by atoms with Crippen molar-refractivity contribution in [2.24, 2.45) is 0 Å². The summed E-state index contributed by atoms with van der Waals surface area (Å²) in [6, 6.07) is 8.32. The van der Waals surface area contributed by atoms with E-state index >= 15 is 0 Å². The number of benzene rings is 1. The molecule has 0 aliphatic heterocycles. The van der Waals surface area contributed by atoms with Crippen molar-refractivity contribution in [3.63, 3.8) is 0 Å². The molecule has 2 nitrogen and oxygen atoms in total. The molecular formula is C12H11FO2S2. The normalized spacial score (nSPS) is 12.4. The molecule has 1 heterocycles. The zero-order chi connectivity index (χ0) is 12.3. The predicted molar refractivity (Wildman–Crippen MR) is 67.4 cm³/mol. The van der Waals surface area contributed by atoms with Crippen LogP contribution >= 0.6 is 11.3 Å². The number of thiophene rings is 1. The van der Waals surface area contributed by atoms with Crippen molar-refractivity contribution in [3.8, 4) is 5.75 Å². The number of hydrogen-bond donors (Lipinski definition) is 0. The lowest BCUT2D eigenvalue weighted by Gasteiger charge is -2.04. The lowest BCUT2D eigenvalue weighted by molar-refractivity contribution is 0.386. The summed E-state index contributed by atoms with van der Waals surface area (Å²) in [5.74, 6) is 0.102. The predicted octanol–water partition coefficient (Wildman–Crippen LogP) is 3.20. The number of rotatable bonds is 4. The molecule has 1 atom stereocenters. The van der Waals surface area contributed by atoms with E-state index in [9.17, 15) is 8.60 Å². The van der Waals surface area contributed by atoms with E-state index in [4.69, 9.17) is 4.74 Å². The van der Waals surface area contributed by atoms with Crippen molar-refractivity contribution in [1.29, 1.82) is 0 Å². The van der Waals surface area contributed by atoms with Gasteiger partial charge in [0.2, 0.25) is 0 Å². The van der Waals surface area contributed by atoms with Crippen LogP contribution in [0.4, 0.5) is 4.39 Å². The molecule has 0 N–H and O–H groups in total. The average Bonchev–Trinajstić information content (AvgIpc) is 2.82. The van der Waals surface area contributed by atoms with Crippen LogP contribution in [0.5, 0.6) is 5.75 Å². The summed E-state index contributed by atoms with van der Waals surface area (Å²) in [7, 11) is 0.309. The molecule has 0 spiro atoms. The van der Waals surface area contributed by atoms with Gasteiger partial charge in [-0.25, -0.2) is 4.39 Å². The molecule has 90 valence electrons. The Labute approximate surface area is 106 Å². The fourth-order valence-corrected chi connectivity index (χ4v) is 3.49. The van der Waals surface area contributed by atoms with Crippen LogP contribution in [-0.2, 0) is 16.6 Å². The van der Waals surface area contributed by atoms with E-state index in [0.29, 0.717) is 11.3 Å². The van der Waals surface area contributed by atoms with Crippen molar-refractivity contribution in [2.75, 3.05) is 7.11 Å². The van der Waals surface area contributed by atoms with Gasteiger partial charge in [-0.1, -0.05) is 12.1 Å². The molecule has 17 heavy (non-hydrogen) atoms. The van der Waals surface area contributed by atoms with Crippen LogP contribution in [0.25, 0.3) is 0 Å². The lowest BCUT2D eigenvalue weighted by Crippen LogP contribution is -1.96. The van der Waals surface area contributed by atoms with Crippen LogP contribution in [-0.4, -0.2) is 11.3 Å². The summed E-state index contributed by atoms with van der Waals surface area (Å²) in [4.78, 5) is 0. The van der Waals surface area contributed by atoms with Gasteiger partial charge in [-0.15, -0.1) is 11.3 Å². The highest BCUT2D eigenvalue weighted by Crippen LogP contribution is 2.21. The number of hydrogen-bond acceptors (Lipinski definition) is 3. The van der Waals surface area contributed by atoms with Crippen LogP contribution in [0.3, 0.4) is 0 Å². The molecule has 1 aromatic carbocycles. The second-order valence-electron chi connectivity index (χ2n) is 3.39. The van der Waals surface area contributed by atoms with Gasteiger partial charge in [-0.3, -0.25) is 4.21 Å². The minimum absolute atomic E-state index is 0.204. The summed E-state index contributed by atoms with van der Waals surface area (Å²) in [6.45, 7) is 0. The van der Waals surface area contributed by atoms with Crippen LogP contribution < -0.4 is 4.74 Å². The van der Waals surface area contributed by atoms with Crippen molar-refractivity contribution in [2.45, 2.75) is 9.96 Å². The second-order valence-corrected chi connectivity index (χ2v) is 6.02. The third kappa shape index (κ3) is 2.92. The molecule has 0 aliphatic carbocycles. The number of ether oxygens (including phenoxy) is 1. The molecular weight excluding hydrogens is 259 g/mol. The van der Waals surface area contributed by atoms with Gasteiger partial charge < -0.3 is 4.74 Å². The third-order valence-corrected chi connectivity index (χ3v) is 4.92. The van der Waals surface area contributed by atoms with Crippen molar-refractivity contribution in [1.82, 2.24) is 0 Å². The summed E-state index contributed by atoms with van der Waals surface area (Å²) in [5, 5.41) is 1.88. The highest BCUT2D eigenvalue weighted by molar-refractivity contribution is 7.86. The van der Waals surface area contributed by atoms with Gasteiger partial charge in [-0.2, -0.15) is 0 Å². The molecule has 1 unspecified atom stereocenters. The fourth-order valence-electron chi connectivity index (χ4n) is 1.42. The van der Waals surface area contributed by atoms with Gasteiger partial charge in [0.15, 0.2) is 11.6 Å². The van der Waals surface area contributed by atoms with Gasteiger partial charge in [0, 0.05) is 0 Å². The molecule has 0 bridgehead atoms. The summed E-state index contributed by atoms with van der Waals surface area (Å²) >= 11 is 1.44. The standard InChI is InChI=1S/C12H11FO2S2/c1-15-11-5-4-9(7-10(11)13)8-17(14)12-3-2-6-16-12/h2-7H,8H2,1H3. The fraction of sp³-hybridized carbons (Fsp3) is 0.167. The lowest BCUT2D eigenvalue weighted by atomic mass is 10.2. The first-order valence-electron chi connectivity index (χ1n) is 4.95. The molecule has 2 aromatic rings. The Morgan fingerprint density at radius 1 is 1.41 bits per heavy atom. The number of halogens is 1. The molecule has 0 saturated heterocycles. The maximum Gasteiger partial charge on any atom is 0.165 e. The Morgan fingerprint density at radius 2 is 2.24 bits per heavy atom. The average molecular weight is 270 g/mol. The first-order valence-corrected chi connectivity index (χ1v) is 7.15. The smallest absolute Gasteiger partial charge is 0.165 e. The molecule has 0 radical (unpaired) electrons. The van der Waals surface area contributed by atoms with E-state index in [1.54, 1.807) is 12.1 Å². The minimum atomic E-state index is -1.11. The highest BCUT2D eigenvalue weighted by atomic mass is 32.2. The highest BCUT2D eigenvalue weighted by Gasteiger charge is 2.09. The van der Waals surface area contributed by atoms with Crippen molar-refractivity contribution < 1.29 is 13.3 Å². The molecule has 0 saturated carbocycles. The van der Waals surface area contributed by atoms with Crippen LogP contribution in [0.2, 0.25) is 0 Å². The molecule has 0 amide bonds. The summed E-state index contributed by atoms with van der Waals surface area (Å²) in [5.41, 5.74) is 0.704. The van der Waals surface area contributed by atoms with Gasteiger partial charge >= 0.3 is 0 Å². The SMILES string of the molecule is COc1ccc(CS(=O)c2cccs2)cc1F. The monoisotopic (exact) mass is 270 g/mol. The number of methoxy groups -OCH3 is 1. The molecule has 1 aromatic heterocycles. The quantitative estimate of drug-likeness (QED) is 0.852. The van der Waals surface area contributed by atoms with Crippen LogP contribution in [0.1, 0.15) is 5.56 Å². The Kier molecular flexibility index (Phi) is 3.91. The molecule has 0 fully saturated rings. The summed E-state index contributed by atoms with van der Waals surface area (Å²) < 4.78 is 31.0. The Bertz CT molecular complexity index is 523. The summed E-state index contributed by atoms with van der Waals surface area (Å²) in [6.07, 6.45) is 0. The van der Waals surface area contributed by atoms with E-state index < -0.39 is 16.6 Å². The first kappa shape index (κ1) is 12.3. The zero-order valence-corrected chi connectivity index (χ0v) is 10.8. The van der Waals surface area contributed by atoms with Gasteiger partial charge in [-0.05, 0) is 29.1 Å². The van der Waals surface area contributed by atoms with E-state index in [-0.39, 0.29) is 5.75 Å². The molecule has 5 heteroatoms. The molecule has 0 aliphatic rings. The van der Waals surface area contributed by atoms with E-state index in [0.717, 1.165) is 4.21 Å². The Morgan fingerprint density at radius 3 is 2.82 bits per heavy atom. The van der Waals surface area contributed by atoms with Crippen LogP contribution in [0.15, 0.2) is 39.9 Å². The van der Waals surface area contributed by atoms with E-state index in [1.165, 1.54) is 24.5 Å². The Balaban J connectivity index is 2.14. The third-order valence-electron chi connectivity index (χ3n) is 2.23. The zero-order valence-electron chi connectivity index (χ0n) is 9.18. The van der Waals surface area contributed by atoms with Crippen LogP contribution in [0, 0.1) is 5.82 Å². The largest absolute Gasteiger partial charge is 0.494 e. The maximum absolute atomic E-state index is 13.4. The Hall–Kier alpha value is -1.20. The van der Waals surface area contributed by atoms with Gasteiger partial charge in [0.05, 0.1) is 27.9 Å². The van der Waals surface area contributed by atoms with Crippen molar-refractivity contribution in [3.05, 3.63) is 47.1 Å². The van der Waals surface area contributed by atoms with Crippen molar-refractivity contribution >= 4 is 22.1 Å². The topological polar surface area (TPSA) is 26.3 Å². The first-order chi connectivity index (χ1) is 8.20. The molecule has 2 rings (SSSR count). The second kappa shape index (κ2) is 5.42. The van der Waals surface area contributed by atoms with Gasteiger partial charge in [0.25, 0.3) is 0 Å².